The molecule has 200 valence electrons. The van der Waals surface area contributed by atoms with Gasteiger partial charge in [-0.2, -0.15) is 0 Å². The first-order valence-corrected chi connectivity index (χ1v) is 13.3. The third-order valence-corrected chi connectivity index (χ3v) is 7.23. The summed E-state index contributed by atoms with van der Waals surface area (Å²) in [6.07, 6.45) is 2.16. The number of carbonyl (C=O) groups excluding carboxylic acids is 2. The fourth-order valence-corrected chi connectivity index (χ4v) is 5.08. The summed E-state index contributed by atoms with van der Waals surface area (Å²) < 4.78 is 13.5. The number of piperidine rings is 1. The van der Waals surface area contributed by atoms with E-state index < -0.39 is 11.9 Å². The van der Waals surface area contributed by atoms with Gasteiger partial charge in [0.1, 0.15) is 11.9 Å². The molecule has 1 aliphatic rings. The highest BCUT2D eigenvalue weighted by molar-refractivity contribution is 5.97. The first-order chi connectivity index (χ1) is 18.4. The van der Waals surface area contributed by atoms with Gasteiger partial charge < -0.3 is 16.0 Å². The lowest BCUT2D eigenvalue weighted by atomic mass is 9.93. The second-order valence-corrected chi connectivity index (χ2v) is 9.97. The van der Waals surface area contributed by atoms with Crippen LogP contribution in [0.1, 0.15) is 39.9 Å². The molecular weight excluding hydrogens is 479 g/mol. The number of halogens is 1. The van der Waals surface area contributed by atoms with Crippen molar-refractivity contribution in [2.75, 3.05) is 26.2 Å². The molecule has 38 heavy (non-hydrogen) atoms. The van der Waals surface area contributed by atoms with E-state index in [0.29, 0.717) is 31.6 Å². The number of likely N-dealkylation sites (tertiary alicyclic amines) is 1. The number of hydrogen-bond donors (Lipinski definition) is 2. The van der Waals surface area contributed by atoms with Gasteiger partial charge in [-0.1, -0.05) is 60.2 Å². The minimum absolute atomic E-state index is 0.117. The standard InChI is InChI=1S/C31H37FN4O2/c1-23-7-9-25(10-8-23)22-35(19-15-24-5-3-2-4-6-24)28-16-20-36(29(21-28)30(37)34-18-17-33)31(38)26-11-13-27(32)14-12-26/h2-14,28-29H,15-22,33H2,1H3,(H,34,37)/t28?,29-/m1/s1. The molecule has 1 aliphatic heterocycles. The topological polar surface area (TPSA) is 78.7 Å². The Labute approximate surface area is 224 Å². The second-order valence-electron chi connectivity index (χ2n) is 9.97. The first-order valence-electron chi connectivity index (χ1n) is 13.3. The molecule has 1 fully saturated rings. The van der Waals surface area contributed by atoms with Crippen molar-refractivity contribution in [1.82, 2.24) is 15.1 Å². The predicted octanol–water partition coefficient (Wildman–Crippen LogP) is 3.93. The monoisotopic (exact) mass is 516 g/mol. The van der Waals surface area contributed by atoms with Crippen molar-refractivity contribution in [3.63, 3.8) is 0 Å². The van der Waals surface area contributed by atoms with Gasteiger partial charge in [-0.3, -0.25) is 14.5 Å². The minimum atomic E-state index is -0.630. The maximum atomic E-state index is 13.5. The molecule has 4 rings (SSSR count). The van der Waals surface area contributed by atoms with Crippen LogP contribution in [0.2, 0.25) is 0 Å². The summed E-state index contributed by atoms with van der Waals surface area (Å²) in [6.45, 7) is 4.79. The number of aryl methyl sites for hydroxylation is 1. The van der Waals surface area contributed by atoms with Crippen LogP contribution in [0.25, 0.3) is 0 Å². The van der Waals surface area contributed by atoms with Crippen molar-refractivity contribution in [3.8, 4) is 0 Å². The van der Waals surface area contributed by atoms with Crippen molar-refractivity contribution >= 4 is 11.8 Å². The van der Waals surface area contributed by atoms with Gasteiger partial charge in [0.15, 0.2) is 0 Å². The van der Waals surface area contributed by atoms with Crippen LogP contribution in [0.5, 0.6) is 0 Å². The Morgan fingerprint density at radius 1 is 1.00 bits per heavy atom. The summed E-state index contributed by atoms with van der Waals surface area (Å²) in [6, 6.07) is 23.9. The Morgan fingerprint density at radius 3 is 2.39 bits per heavy atom. The molecule has 0 bridgehead atoms. The van der Waals surface area contributed by atoms with E-state index in [1.54, 1.807) is 4.90 Å². The number of hydrogen-bond acceptors (Lipinski definition) is 4. The predicted molar refractivity (Wildman–Crippen MR) is 148 cm³/mol. The zero-order valence-corrected chi connectivity index (χ0v) is 22.0. The molecule has 0 saturated carbocycles. The zero-order valence-electron chi connectivity index (χ0n) is 22.0. The number of nitrogens with two attached hydrogens (primary N) is 1. The van der Waals surface area contributed by atoms with Crippen molar-refractivity contribution in [2.45, 2.75) is 44.8 Å². The number of rotatable bonds is 10. The number of amides is 2. The lowest BCUT2D eigenvalue weighted by Gasteiger charge is -2.43. The smallest absolute Gasteiger partial charge is 0.254 e. The molecule has 0 aliphatic carbocycles. The van der Waals surface area contributed by atoms with Gasteiger partial charge in [-0.05, 0) is 61.6 Å². The number of benzene rings is 3. The molecule has 6 nitrogen and oxygen atoms in total. The van der Waals surface area contributed by atoms with E-state index in [2.05, 4.69) is 65.7 Å². The van der Waals surface area contributed by atoms with Crippen LogP contribution in [0.15, 0.2) is 78.9 Å². The molecular formula is C31H37FN4O2. The summed E-state index contributed by atoms with van der Waals surface area (Å²) >= 11 is 0. The van der Waals surface area contributed by atoms with Crippen molar-refractivity contribution in [3.05, 3.63) is 107 Å². The largest absolute Gasteiger partial charge is 0.353 e. The average molecular weight is 517 g/mol. The van der Waals surface area contributed by atoms with Crippen LogP contribution >= 0.6 is 0 Å². The number of carbonyl (C=O) groups is 2. The van der Waals surface area contributed by atoms with Crippen LogP contribution in [0.3, 0.4) is 0 Å². The Kier molecular flexibility index (Phi) is 9.62. The molecule has 1 saturated heterocycles. The Balaban J connectivity index is 1.56. The highest BCUT2D eigenvalue weighted by Crippen LogP contribution is 2.26. The fraction of sp³-hybridized carbons (Fsp3) is 0.355. The van der Waals surface area contributed by atoms with E-state index in [0.717, 1.165) is 25.9 Å². The normalized spacial score (nSPS) is 17.4. The molecule has 1 heterocycles. The van der Waals surface area contributed by atoms with Crippen LogP contribution in [-0.4, -0.2) is 59.9 Å². The van der Waals surface area contributed by atoms with Gasteiger partial charge in [0.25, 0.3) is 5.91 Å². The Morgan fingerprint density at radius 2 is 1.71 bits per heavy atom. The van der Waals surface area contributed by atoms with Gasteiger partial charge in [-0.25, -0.2) is 4.39 Å². The molecule has 3 N–H and O–H groups in total. The quantitative estimate of drug-likeness (QED) is 0.428. The molecule has 3 aromatic rings. The molecule has 3 aromatic carbocycles. The third kappa shape index (κ3) is 7.27. The number of nitrogens with zero attached hydrogens (tertiary/aromatic N) is 2. The van der Waals surface area contributed by atoms with Crippen molar-refractivity contribution < 1.29 is 14.0 Å². The molecule has 0 spiro atoms. The van der Waals surface area contributed by atoms with Crippen molar-refractivity contribution in [1.29, 1.82) is 0 Å². The van der Waals surface area contributed by atoms with E-state index in [1.165, 1.54) is 41.0 Å². The highest BCUT2D eigenvalue weighted by Gasteiger charge is 2.38. The van der Waals surface area contributed by atoms with Gasteiger partial charge in [-0.15, -0.1) is 0 Å². The molecule has 1 unspecified atom stereocenters. The van der Waals surface area contributed by atoms with Crippen molar-refractivity contribution in [2.24, 2.45) is 5.73 Å². The van der Waals surface area contributed by atoms with E-state index >= 15 is 0 Å². The van der Waals surface area contributed by atoms with Crippen LogP contribution < -0.4 is 11.1 Å². The molecule has 7 heteroatoms. The zero-order chi connectivity index (χ0) is 26.9. The lowest BCUT2D eigenvalue weighted by molar-refractivity contribution is -0.127. The SMILES string of the molecule is Cc1ccc(CN(CCc2ccccc2)C2CCN(C(=O)c3ccc(F)cc3)[C@@H](C(=O)NCCN)C2)cc1. The number of nitrogens with one attached hydrogen (secondary N) is 1. The Hall–Kier alpha value is -3.55. The molecule has 2 amide bonds. The second kappa shape index (κ2) is 13.3. The summed E-state index contributed by atoms with van der Waals surface area (Å²) in [5, 5.41) is 2.88. The van der Waals surface area contributed by atoms with E-state index in [1.807, 2.05) is 6.07 Å². The van der Waals surface area contributed by atoms with E-state index in [9.17, 15) is 14.0 Å². The molecule has 0 radical (unpaired) electrons. The van der Waals surface area contributed by atoms with Gasteiger partial charge in [0.05, 0.1) is 0 Å². The van der Waals surface area contributed by atoms with E-state index in [-0.39, 0.29) is 17.9 Å². The highest BCUT2D eigenvalue weighted by atomic mass is 19.1. The summed E-state index contributed by atoms with van der Waals surface area (Å²) in [7, 11) is 0. The molecule has 2 atom stereocenters. The van der Waals surface area contributed by atoms with Crippen LogP contribution in [0, 0.1) is 12.7 Å². The minimum Gasteiger partial charge on any atom is -0.353 e. The molecule has 0 aromatic heterocycles. The van der Waals surface area contributed by atoms with Gasteiger partial charge >= 0.3 is 0 Å². The lowest BCUT2D eigenvalue weighted by Crippen LogP contribution is -2.57. The summed E-state index contributed by atoms with van der Waals surface area (Å²) in [4.78, 5) is 30.7. The summed E-state index contributed by atoms with van der Waals surface area (Å²) in [5.41, 5.74) is 9.71. The van der Waals surface area contributed by atoms with Gasteiger partial charge in [0, 0.05) is 44.3 Å². The van der Waals surface area contributed by atoms with Crippen LogP contribution in [-0.2, 0) is 17.8 Å². The Bertz CT molecular complexity index is 1180. The maximum absolute atomic E-state index is 13.5. The van der Waals surface area contributed by atoms with E-state index in [4.69, 9.17) is 5.73 Å². The fourth-order valence-electron chi connectivity index (χ4n) is 5.08. The van der Waals surface area contributed by atoms with Gasteiger partial charge in [0.2, 0.25) is 5.91 Å². The first kappa shape index (κ1) is 27.5. The average Bonchev–Trinajstić information content (AvgIpc) is 2.95. The van der Waals surface area contributed by atoms with Crippen LogP contribution in [0.4, 0.5) is 4.39 Å². The third-order valence-electron chi connectivity index (χ3n) is 7.23. The summed E-state index contributed by atoms with van der Waals surface area (Å²) in [5.74, 6) is -0.859. The maximum Gasteiger partial charge on any atom is 0.254 e.